The Morgan fingerprint density at radius 1 is 1.03 bits per heavy atom. The zero-order valence-corrected chi connectivity index (χ0v) is 19.9. The third-order valence-electron chi connectivity index (χ3n) is 6.36. The van der Waals surface area contributed by atoms with Crippen LogP contribution in [0.4, 0.5) is 0 Å². The van der Waals surface area contributed by atoms with E-state index in [0.29, 0.717) is 25.7 Å². The molecule has 1 saturated carbocycles. The minimum atomic E-state index is -3.57. The molecule has 0 aromatic heterocycles. The molecule has 0 unspecified atom stereocenters. The quantitative estimate of drug-likeness (QED) is 0.562. The van der Waals surface area contributed by atoms with Crippen molar-refractivity contribution in [1.29, 1.82) is 0 Å². The van der Waals surface area contributed by atoms with Crippen molar-refractivity contribution in [2.24, 2.45) is 11.3 Å². The molecule has 1 amide bonds. The molecule has 6 nitrogen and oxygen atoms in total. The summed E-state index contributed by atoms with van der Waals surface area (Å²) in [6.07, 6.45) is 2.47. The van der Waals surface area contributed by atoms with Gasteiger partial charge >= 0.3 is 0 Å². The van der Waals surface area contributed by atoms with Crippen molar-refractivity contribution >= 4 is 15.9 Å². The van der Waals surface area contributed by atoms with Gasteiger partial charge in [-0.3, -0.25) is 4.79 Å². The summed E-state index contributed by atoms with van der Waals surface area (Å²) in [4.78, 5) is 13.3. The summed E-state index contributed by atoms with van der Waals surface area (Å²) in [6, 6.07) is 16.0. The average Bonchev–Trinajstić information content (AvgIpc) is 2.78. The van der Waals surface area contributed by atoms with Gasteiger partial charge in [0.05, 0.1) is 17.5 Å². The maximum atomic E-state index is 13.1. The normalized spacial score (nSPS) is 20.5. The first-order valence-corrected chi connectivity index (χ1v) is 12.7. The summed E-state index contributed by atoms with van der Waals surface area (Å²) < 4.78 is 28.1. The fourth-order valence-corrected chi connectivity index (χ4v) is 5.51. The smallest absolute Gasteiger partial charge is 0.240 e. The highest BCUT2D eigenvalue weighted by Crippen LogP contribution is 2.34. The van der Waals surface area contributed by atoms with Crippen molar-refractivity contribution in [3.63, 3.8) is 0 Å². The molecule has 0 spiro atoms. The van der Waals surface area contributed by atoms with Crippen LogP contribution < -0.4 is 10.0 Å². The molecule has 7 heteroatoms. The molecule has 0 aliphatic heterocycles. The number of carbonyl (C=O) groups excluding carboxylic acids is 1. The first-order chi connectivity index (χ1) is 15.1. The molecule has 0 saturated heterocycles. The molecule has 1 aliphatic rings. The van der Waals surface area contributed by atoms with E-state index in [0.717, 1.165) is 11.1 Å². The maximum absolute atomic E-state index is 13.1. The Hall–Kier alpha value is -2.22. The van der Waals surface area contributed by atoms with Crippen molar-refractivity contribution in [3.8, 4) is 0 Å². The molecule has 174 valence electrons. The molecule has 3 rings (SSSR count). The number of benzene rings is 2. The molecule has 3 N–H and O–H groups in total. The predicted octanol–water partition coefficient (Wildman–Crippen LogP) is 3.71. The largest absolute Gasteiger partial charge is 0.396 e. The lowest BCUT2D eigenvalue weighted by molar-refractivity contribution is -0.128. The van der Waals surface area contributed by atoms with Crippen LogP contribution in [0.2, 0.25) is 0 Å². The van der Waals surface area contributed by atoms with Crippen LogP contribution in [0.15, 0.2) is 59.5 Å². The van der Waals surface area contributed by atoms with E-state index in [1.165, 1.54) is 0 Å². The molecule has 0 heterocycles. The van der Waals surface area contributed by atoms with Gasteiger partial charge in [0.2, 0.25) is 15.9 Å². The van der Waals surface area contributed by atoms with E-state index in [-0.39, 0.29) is 35.4 Å². The van der Waals surface area contributed by atoms with E-state index in [1.807, 2.05) is 51.1 Å². The number of hydrogen-bond donors (Lipinski definition) is 3. The van der Waals surface area contributed by atoms with Gasteiger partial charge in [-0.1, -0.05) is 61.9 Å². The van der Waals surface area contributed by atoms with E-state index in [1.54, 1.807) is 24.3 Å². The number of rotatable bonds is 8. The maximum Gasteiger partial charge on any atom is 0.240 e. The lowest BCUT2D eigenvalue weighted by atomic mass is 9.80. The van der Waals surface area contributed by atoms with Gasteiger partial charge in [0, 0.05) is 17.4 Å². The topological polar surface area (TPSA) is 95.5 Å². The van der Waals surface area contributed by atoms with E-state index < -0.39 is 15.4 Å². The molecule has 0 radical (unpaired) electrons. The fourth-order valence-electron chi connectivity index (χ4n) is 4.21. The average molecular weight is 459 g/mol. The molecule has 2 aromatic rings. The van der Waals surface area contributed by atoms with Gasteiger partial charge in [-0.2, -0.15) is 0 Å². The van der Waals surface area contributed by atoms with Crippen LogP contribution in [0.1, 0.15) is 56.7 Å². The third kappa shape index (κ3) is 5.97. The Bertz CT molecular complexity index is 996. The summed E-state index contributed by atoms with van der Waals surface area (Å²) in [5, 5.41) is 13.0. The first kappa shape index (κ1) is 24.4. The van der Waals surface area contributed by atoms with Gasteiger partial charge in [-0.05, 0) is 50.3 Å². The highest BCUT2D eigenvalue weighted by atomic mass is 32.2. The number of amides is 1. The molecule has 1 aliphatic carbocycles. The second-order valence-corrected chi connectivity index (χ2v) is 11.2. The van der Waals surface area contributed by atoms with Crippen molar-refractivity contribution in [2.75, 3.05) is 6.61 Å². The van der Waals surface area contributed by atoms with Crippen LogP contribution in [0.3, 0.4) is 0 Å². The number of hydrogen-bond acceptors (Lipinski definition) is 4. The second kappa shape index (κ2) is 10.1. The van der Waals surface area contributed by atoms with Crippen LogP contribution >= 0.6 is 0 Å². The summed E-state index contributed by atoms with van der Waals surface area (Å²) in [5.74, 6) is -0.212. The third-order valence-corrected chi connectivity index (χ3v) is 7.90. The Morgan fingerprint density at radius 3 is 2.19 bits per heavy atom. The monoisotopic (exact) mass is 458 g/mol. The van der Waals surface area contributed by atoms with E-state index in [4.69, 9.17) is 0 Å². The number of carbonyl (C=O) groups is 1. The zero-order valence-electron chi connectivity index (χ0n) is 19.0. The van der Waals surface area contributed by atoms with Crippen molar-refractivity contribution in [2.45, 2.75) is 63.4 Å². The lowest BCUT2D eigenvalue weighted by Crippen LogP contribution is -2.45. The molecular weight excluding hydrogens is 424 g/mol. The van der Waals surface area contributed by atoms with E-state index in [2.05, 4.69) is 10.0 Å². The van der Waals surface area contributed by atoms with E-state index in [9.17, 15) is 18.3 Å². The summed E-state index contributed by atoms with van der Waals surface area (Å²) in [6.45, 7) is 5.73. The van der Waals surface area contributed by atoms with Gasteiger partial charge in [-0.15, -0.1) is 0 Å². The number of aliphatic hydroxyl groups excluding tert-OH is 1. The highest BCUT2D eigenvalue weighted by molar-refractivity contribution is 7.89. The van der Waals surface area contributed by atoms with Gasteiger partial charge in [0.1, 0.15) is 0 Å². The fraction of sp³-hybridized carbons (Fsp3) is 0.480. The van der Waals surface area contributed by atoms with Crippen molar-refractivity contribution in [3.05, 3.63) is 65.7 Å². The summed E-state index contributed by atoms with van der Waals surface area (Å²) in [7, 11) is -3.57. The van der Waals surface area contributed by atoms with Crippen molar-refractivity contribution in [1.82, 2.24) is 10.0 Å². The van der Waals surface area contributed by atoms with Crippen LogP contribution in [-0.4, -0.2) is 32.1 Å². The van der Waals surface area contributed by atoms with Crippen LogP contribution in [0.5, 0.6) is 0 Å². The SMILES string of the molecule is Cc1ccc(S(=O)(=O)N[C@H]2CC[C@H](C(=O)N[C@@H](c3ccccc3)C(C)(C)CO)CC2)cc1. The Morgan fingerprint density at radius 2 is 1.62 bits per heavy atom. The summed E-state index contributed by atoms with van der Waals surface area (Å²) >= 11 is 0. The molecule has 1 fully saturated rings. The molecule has 0 bridgehead atoms. The standard InChI is InChI=1S/C25H34N2O4S/c1-18-9-15-22(16-10-18)32(30,31)27-21-13-11-20(12-14-21)24(29)26-23(25(2,3)17-28)19-7-5-4-6-8-19/h4-10,15-16,20-21,23,27-28H,11-14,17H2,1-3H3,(H,26,29)/t20-,21-,23-/m0/s1. The Kier molecular flexibility index (Phi) is 7.75. The summed E-state index contributed by atoms with van der Waals surface area (Å²) in [5.41, 5.74) is 1.45. The van der Waals surface area contributed by atoms with Gasteiger partial charge in [0.15, 0.2) is 0 Å². The van der Waals surface area contributed by atoms with Gasteiger partial charge in [-0.25, -0.2) is 13.1 Å². The molecule has 1 atom stereocenters. The minimum absolute atomic E-state index is 0.0415. The lowest BCUT2D eigenvalue weighted by Gasteiger charge is -2.36. The number of aryl methyl sites for hydroxylation is 1. The second-order valence-electron chi connectivity index (χ2n) is 9.48. The van der Waals surface area contributed by atoms with Gasteiger partial charge in [0.25, 0.3) is 0 Å². The number of sulfonamides is 1. The van der Waals surface area contributed by atoms with E-state index >= 15 is 0 Å². The minimum Gasteiger partial charge on any atom is -0.396 e. The van der Waals surface area contributed by atoms with Crippen LogP contribution in [-0.2, 0) is 14.8 Å². The zero-order chi connectivity index (χ0) is 23.4. The van der Waals surface area contributed by atoms with Crippen molar-refractivity contribution < 1.29 is 18.3 Å². The number of aliphatic hydroxyl groups is 1. The van der Waals surface area contributed by atoms with Gasteiger partial charge < -0.3 is 10.4 Å². The Balaban J connectivity index is 1.60. The highest BCUT2D eigenvalue weighted by Gasteiger charge is 2.35. The Labute approximate surface area is 191 Å². The molecular formula is C25H34N2O4S. The first-order valence-electron chi connectivity index (χ1n) is 11.2. The predicted molar refractivity (Wildman–Crippen MR) is 125 cm³/mol. The number of nitrogens with one attached hydrogen (secondary N) is 2. The molecule has 2 aromatic carbocycles. The van der Waals surface area contributed by atoms with Crippen LogP contribution in [0, 0.1) is 18.3 Å². The van der Waals surface area contributed by atoms with Crippen LogP contribution in [0.25, 0.3) is 0 Å². The molecule has 32 heavy (non-hydrogen) atoms.